The fourth-order valence-corrected chi connectivity index (χ4v) is 3.37. The second kappa shape index (κ2) is 14.3. The summed E-state index contributed by atoms with van der Waals surface area (Å²) in [6, 6.07) is 14.3. The third kappa shape index (κ3) is 11.0. The van der Waals surface area contributed by atoms with Crippen LogP contribution in [-0.2, 0) is 22.4 Å². The molecular formula is C27H37ClN4O5. The van der Waals surface area contributed by atoms with Gasteiger partial charge in [-0.25, -0.2) is 14.4 Å². The van der Waals surface area contributed by atoms with Crippen molar-refractivity contribution >= 4 is 35.5 Å². The number of likely N-dealkylation sites (N-methyl/N-ethyl adjacent to an activating group) is 1. The number of carbonyl (C=O) groups excluding carboxylic acids is 3. The summed E-state index contributed by atoms with van der Waals surface area (Å²) in [6.07, 6.45) is -0.206. The number of halogens is 1. The summed E-state index contributed by atoms with van der Waals surface area (Å²) < 4.78 is 10.7. The zero-order valence-corrected chi connectivity index (χ0v) is 22.9. The molecule has 0 radical (unpaired) electrons. The Morgan fingerprint density at radius 3 is 2.27 bits per heavy atom. The van der Waals surface area contributed by atoms with E-state index in [0.29, 0.717) is 10.7 Å². The molecule has 0 spiro atoms. The lowest BCUT2D eigenvalue weighted by Crippen LogP contribution is -2.46. The number of nitrogens with one attached hydrogen (secondary N) is 2. The second-order valence-corrected chi connectivity index (χ2v) is 9.86. The minimum absolute atomic E-state index is 0.0332. The van der Waals surface area contributed by atoms with E-state index in [2.05, 4.69) is 17.6 Å². The molecule has 37 heavy (non-hydrogen) atoms. The number of anilines is 1. The highest BCUT2D eigenvalue weighted by atomic mass is 35.5. The van der Waals surface area contributed by atoms with Crippen LogP contribution in [0.2, 0.25) is 5.02 Å². The molecular weight excluding hydrogens is 496 g/mol. The van der Waals surface area contributed by atoms with Gasteiger partial charge < -0.3 is 24.6 Å². The number of amides is 4. The molecule has 2 rings (SSSR count). The third-order valence-electron chi connectivity index (χ3n) is 5.29. The van der Waals surface area contributed by atoms with E-state index in [0.717, 1.165) is 17.5 Å². The van der Waals surface area contributed by atoms with Crippen molar-refractivity contribution in [2.75, 3.05) is 38.6 Å². The van der Waals surface area contributed by atoms with Crippen molar-refractivity contribution in [1.29, 1.82) is 0 Å². The second-order valence-electron chi connectivity index (χ2n) is 9.45. The lowest BCUT2D eigenvalue weighted by Gasteiger charge is -2.28. The van der Waals surface area contributed by atoms with Crippen molar-refractivity contribution in [1.82, 2.24) is 15.1 Å². The molecule has 2 aromatic rings. The largest absolute Gasteiger partial charge is 0.447 e. The monoisotopic (exact) mass is 532 g/mol. The lowest BCUT2D eigenvalue weighted by atomic mass is 10.1. The minimum Gasteiger partial charge on any atom is -0.447 e. The van der Waals surface area contributed by atoms with Crippen LogP contribution in [0.5, 0.6) is 0 Å². The van der Waals surface area contributed by atoms with E-state index < -0.39 is 17.8 Å². The zero-order chi connectivity index (χ0) is 27.4. The van der Waals surface area contributed by atoms with Gasteiger partial charge in [-0.2, -0.15) is 0 Å². The molecule has 0 atom stereocenters. The molecule has 2 aromatic carbocycles. The first kappa shape index (κ1) is 29.8. The van der Waals surface area contributed by atoms with Crippen molar-refractivity contribution < 1.29 is 23.9 Å². The Balaban J connectivity index is 1.94. The molecule has 202 valence electrons. The molecule has 4 amide bonds. The lowest BCUT2D eigenvalue weighted by molar-refractivity contribution is 0.0286. The van der Waals surface area contributed by atoms with E-state index >= 15 is 0 Å². The van der Waals surface area contributed by atoms with Gasteiger partial charge in [0.2, 0.25) is 0 Å². The van der Waals surface area contributed by atoms with Gasteiger partial charge in [0.1, 0.15) is 12.2 Å². The Hall–Kier alpha value is -3.46. The Kier molecular flexibility index (Phi) is 11.5. The fourth-order valence-electron chi connectivity index (χ4n) is 3.17. The number of hydrogen-bond donors (Lipinski definition) is 2. The van der Waals surface area contributed by atoms with E-state index in [1.165, 1.54) is 9.80 Å². The molecule has 0 fully saturated rings. The van der Waals surface area contributed by atoms with Crippen LogP contribution in [0.25, 0.3) is 0 Å². The number of aryl methyl sites for hydroxylation is 1. The number of nitrogens with zero attached hydrogens (tertiary/aromatic N) is 2. The molecule has 2 N–H and O–H groups in total. The highest BCUT2D eigenvalue weighted by Crippen LogP contribution is 2.15. The van der Waals surface area contributed by atoms with Crippen LogP contribution in [0, 0.1) is 0 Å². The Labute approximate surface area is 224 Å². The average Bonchev–Trinajstić information content (AvgIpc) is 2.84. The maximum absolute atomic E-state index is 12.9. The normalized spacial score (nSPS) is 10.9. The Bertz CT molecular complexity index is 1040. The molecule has 10 heteroatoms. The first-order valence-electron chi connectivity index (χ1n) is 12.2. The fraction of sp³-hybridized carbons (Fsp3) is 0.444. The third-order valence-corrected chi connectivity index (χ3v) is 5.66. The predicted octanol–water partition coefficient (Wildman–Crippen LogP) is 5.53. The summed E-state index contributed by atoms with van der Waals surface area (Å²) >= 11 is 6.19. The first-order chi connectivity index (χ1) is 17.5. The molecule has 9 nitrogen and oxygen atoms in total. The summed E-state index contributed by atoms with van der Waals surface area (Å²) in [5.41, 5.74) is 1.92. The maximum atomic E-state index is 12.9. The van der Waals surface area contributed by atoms with Crippen molar-refractivity contribution in [3.8, 4) is 0 Å². The highest BCUT2D eigenvalue weighted by Gasteiger charge is 2.21. The van der Waals surface area contributed by atoms with Gasteiger partial charge in [-0.3, -0.25) is 5.32 Å². The van der Waals surface area contributed by atoms with Crippen LogP contribution >= 0.6 is 11.6 Å². The Morgan fingerprint density at radius 1 is 0.973 bits per heavy atom. The summed E-state index contributed by atoms with van der Waals surface area (Å²) in [7, 11) is 1.60. The molecule has 0 saturated heterocycles. The van der Waals surface area contributed by atoms with Gasteiger partial charge in [-0.15, -0.1) is 0 Å². The number of benzene rings is 2. The van der Waals surface area contributed by atoms with Gasteiger partial charge in [0.15, 0.2) is 0 Å². The molecule has 0 aromatic heterocycles. The van der Waals surface area contributed by atoms with Gasteiger partial charge in [0, 0.05) is 37.4 Å². The number of ether oxygens (including phenoxy) is 2. The maximum Gasteiger partial charge on any atom is 0.411 e. The number of rotatable bonds is 10. The van der Waals surface area contributed by atoms with Crippen molar-refractivity contribution in [2.24, 2.45) is 0 Å². The quantitative estimate of drug-likeness (QED) is 0.419. The van der Waals surface area contributed by atoms with Gasteiger partial charge >= 0.3 is 18.2 Å². The SMILES string of the molecule is CCc1ccc(NC(=O)OCCN(CCN(C)C(=O)OC(C)(C)C)C(=O)NCc2ccccc2Cl)cc1. The topological polar surface area (TPSA) is 100 Å². The number of urea groups is 1. The van der Waals surface area contributed by atoms with Crippen LogP contribution in [0.3, 0.4) is 0 Å². The van der Waals surface area contributed by atoms with E-state index in [1.807, 2.05) is 30.3 Å². The van der Waals surface area contributed by atoms with Crippen LogP contribution in [-0.4, -0.2) is 66.9 Å². The molecule has 0 aliphatic heterocycles. The Morgan fingerprint density at radius 2 is 1.65 bits per heavy atom. The summed E-state index contributed by atoms with van der Waals surface area (Å²) in [5.74, 6) is 0. The van der Waals surface area contributed by atoms with Crippen molar-refractivity contribution in [3.05, 3.63) is 64.7 Å². The smallest absolute Gasteiger partial charge is 0.411 e. The minimum atomic E-state index is -0.630. The standard InChI is InChI=1S/C27H37ClN4O5/c1-6-20-11-13-22(14-12-20)30-25(34)36-18-17-32(16-15-31(5)26(35)37-27(2,3)4)24(33)29-19-21-9-7-8-10-23(21)28/h7-14H,6,15-19H2,1-5H3,(H,29,33)(H,30,34). The van der Waals surface area contributed by atoms with Gasteiger partial charge in [0.25, 0.3) is 0 Å². The van der Waals surface area contributed by atoms with E-state index in [9.17, 15) is 14.4 Å². The van der Waals surface area contributed by atoms with Crippen molar-refractivity contribution in [3.63, 3.8) is 0 Å². The van der Waals surface area contributed by atoms with E-state index in [4.69, 9.17) is 21.1 Å². The van der Waals surface area contributed by atoms with Crippen LogP contribution in [0.1, 0.15) is 38.8 Å². The molecule has 0 aliphatic carbocycles. The van der Waals surface area contributed by atoms with E-state index in [-0.39, 0.29) is 38.8 Å². The molecule has 0 saturated carbocycles. The van der Waals surface area contributed by atoms with Gasteiger partial charge in [-0.1, -0.05) is 48.9 Å². The number of hydrogen-bond acceptors (Lipinski definition) is 5. The van der Waals surface area contributed by atoms with Crippen LogP contribution < -0.4 is 10.6 Å². The number of carbonyl (C=O) groups is 3. The van der Waals surface area contributed by atoms with Crippen LogP contribution in [0.15, 0.2) is 48.5 Å². The molecule has 0 unspecified atom stereocenters. The summed E-state index contributed by atoms with van der Waals surface area (Å²) in [4.78, 5) is 40.3. The molecule has 0 bridgehead atoms. The zero-order valence-electron chi connectivity index (χ0n) is 22.2. The molecule has 0 heterocycles. The van der Waals surface area contributed by atoms with Gasteiger partial charge in [0.05, 0.1) is 6.54 Å². The molecule has 0 aliphatic rings. The highest BCUT2D eigenvalue weighted by molar-refractivity contribution is 6.31. The van der Waals surface area contributed by atoms with Gasteiger partial charge in [-0.05, 0) is 56.5 Å². The van der Waals surface area contributed by atoms with E-state index in [1.54, 1.807) is 46.0 Å². The van der Waals surface area contributed by atoms with Crippen molar-refractivity contribution in [2.45, 2.75) is 46.3 Å². The predicted molar refractivity (Wildman–Crippen MR) is 145 cm³/mol. The average molecular weight is 533 g/mol. The summed E-state index contributed by atoms with van der Waals surface area (Å²) in [5, 5.41) is 6.05. The first-order valence-corrected chi connectivity index (χ1v) is 12.6. The summed E-state index contributed by atoms with van der Waals surface area (Å²) in [6.45, 7) is 8.16. The van der Waals surface area contributed by atoms with Crippen LogP contribution in [0.4, 0.5) is 20.1 Å².